The smallest absolute Gasteiger partial charge is 0.0798 e. The van der Waals surface area contributed by atoms with Crippen LogP contribution in [-0.2, 0) is 4.74 Å². The maximum absolute atomic E-state index is 8.51. The van der Waals surface area contributed by atoms with E-state index in [4.69, 9.17) is 9.84 Å². The molecule has 2 N–H and O–H groups in total. The summed E-state index contributed by atoms with van der Waals surface area (Å²) in [6.45, 7) is 6.05. The Bertz CT molecular complexity index is 278. The van der Waals surface area contributed by atoms with Crippen LogP contribution in [0, 0.1) is 6.92 Å². The van der Waals surface area contributed by atoms with Crippen molar-refractivity contribution < 1.29 is 9.84 Å². The molecule has 1 atom stereocenters. The monoisotopic (exact) mass is 230 g/mol. The Labute approximate surface area is 94.3 Å². The molecule has 4 nitrogen and oxygen atoms in total. The lowest BCUT2D eigenvalue weighted by molar-refractivity contribution is 0.0929. The predicted molar refractivity (Wildman–Crippen MR) is 61.2 cm³/mol. The second-order valence-electron chi connectivity index (χ2n) is 3.31. The van der Waals surface area contributed by atoms with E-state index >= 15 is 0 Å². The number of aliphatic hydroxyl groups excluding tert-OH is 1. The van der Waals surface area contributed by atoms with E-state index in [-0.39, 0.29) is 6.61 Å². The minimum atomic E-state index is 0.0868. The van der Waals surface area contributed by atoms with Crippen molar-refractivity contribution in [3.05, 3.63) is 16.1 Å². The molecule has 1 rings (SSSR count). The van der Waals surface area contributed by atoms with Gasteiger partial charge in [0.2, 0.25) is 0 Å². The number of ether oxygens (including phenoxy) is 1. The third-order valence-electron chi connectivity index (χ3n) is 2.11. The van der Waals surface area contributed by atoms with E-state index in [9.17, 15) is 0 Å². The van der Waals surface area contributed by atoms with Crippen LogP contribution in [0.15, 0.2) is 5.51 Å². The van der Waals surface area contributed by atoms with Crippen LogP contribution < -0.4 is 5.32 Å². The molecule has 0 radical (unpaired) electrons. The molecule has 0 aliphatic carbocycles. The van der Waals surface area contributed by atoms with Gasteiger partial charge in [0, 0.05) is 17.5 Å². The average molecular weight is 230 g/mol. The maximum Gasteiger partial charge on any atom is 0.0798 e. The van der Waals surface area contributed by atoms with Gasteiger partial charge in [-0.3, -0.25) is 0 Å². The van der Waals surface area contributed by atoms with Crippen LogP contribution in [-0.4, -0.2) is 36.5 Å². The Kier molecular flexibility index (Phi) is 5.78. The quantitative estimate of drug-likeness (QED) is 0.689. The highest BCUT2D eigenvalue weighted by atomic mass is 32.1. The van der Waals surface area contributed by atoms with Gasteiger partial charge in [0.05, 0.1) is 31.0 Å². The van der Waals surface area contributed by atoms with Crippen LogP contribution in [0.2, 0.25) is 0 Å². The molecule has 86 valence electrons. The molecule has 0 bridgehead atoms. The lowest BCUT2D eigenvalue weighted by atomic mass is 10.2. The highest BCUT2D eigenvalue weighted by Gasteiger charge is 2.09. The summed E-state index contributed by atoms with van der Waals surface area (Å²) in [4.78, 5) is 5.48. The SMILES string of the molecule is Cc1ncsc1C(C)NCCOCCO. The molecule has 0 fully saturated rings. The molecule has 1 aromatic rings. The topological polar surface area (TPSA) is 54.4 Å². The number of aliphatic hydroxyl groups is 1. The fraction of sp³-hybridized carbons (Fsp3) is 0.700. The number of hydrogen-bond donors (Lipinski definition) is 2. The lowest BCUT2D eigenvalue weighted by Crippen LogP contribution is -2.23. The number of nitrogens with zero attached hydrogens (tertiary/aromatic N) is 1. The van der Waals surface area contributed by atoms with Crippen LogP contribution in [0.4, 0.5) is 0 Å². The Balaban J connectivity index is 2.19. The van der Waals surface area contributed by atoms with E-state index in [1.807, 2.05) is 12.4 Å². The van der Waals surface area contributed by atoms with E-state index in [1.165, 1.54) is 4.88 Å². The zero-order valence-electron chi connectivity index (χ0n) is 9.19. The zero-order chi connectivity index (χ0) is 11.1. The van der Waals surface area contributed by atoms with Crippen LogP contribution in [0.3, 0.4) is 0 Å². The first kappa shape index (κ1) is 12.6. The number of nitrogens with one attached hydrogen (secondary N) is 1. The number of rotatable bonds is 7. The highest BCUT2D eigenvalue weighted by molar-refractivity contribution is 7.09. The van der Waals surface area contributed by atoms with E-state index in [0.717, 1.165) is 12.2 Å². The molecule has 0 saturated carbocycles. The summed E-state index contributed by atoms with van der Waals surface area (Å²) in [7, 11) is 0. The van der Waals surface area contributed by atoms with Gasteiger partial charge in [0.15, 0.2) is 0 Å². The molecule has 0 spiro atoms. The number of aromatic nitrogens is 1. The Hall–Kier alpha value is -0.490. The van der Waals surface area contributed by atoms with Crippen molar-refractivity contribution in [3.8, 4) is 0 Å². The summed E-state index contributed by atoms with van der Waals surface area (Å²) in [6.07, 6.45) is 0. The van der Waals surface area contributed by atoms with Gasteiger partial charge in [-0.1, -0.05) is 0 Å². The standard InChI is InChI=1S/C10H18N2O2S/c1-8(10-9(2)12-7-15-10)11-3-5-14-6-4-13/h7-8,11,13H,3-6H2,1-2H3. The number of hydrogen-bond acceptors (Lipinski definition) is 5. The lowest BCUT2D eigenvalue weighted by Gasteiger charge is -2.12. The van der Waals surface area contributed by atoms with Gasteiger partial charge in [-0.25, -0.2) is 4.98 Å². The van der Waals surface area contributed by atoms with Gasteiger partial charge >= 0.3 is 0 Å². The molecule has 0 aliphatic rings. The molecule has 5 heteroatoms. The number of aryl methyl sites for hydroxylation is 1. The summed E-state index contributed by atoms with van der Waals surface area (Å²) in [5.74, 6) is 0. The van der Waals surface area contributed by atoms with Crippen LogP contribution >= 0.6 is 11.3 Å². The summed E-state index contributed by atoms with van der Waals surface area (Å²) >= 11 is 1.67. The molecule has 0 amide bonds. The van der Waals surface area contributed by atoms with Crippen molar-refractivity contribution in [2.24, 2.45) is 0 Å². The fourth-order valence-electron chi connectivity index (χ4n) is 1.33. The van der Waals surface area contributed by atoms with Gasteiger partial charge in [-0.05, 0) is 13.8 Å². The zero-order valence-corrected chi connectivity index (χ0v) is 10.0. The Morgan fingerprint density at radius 2 is 2.40 bits per heavy atom. The normalized spacial score (nSPS) is 13.0. The van der Waals surface area contributed by atoms with Gasteiger partial charge in [-0.15, -0.1) is 11.3 Å². The summed E-state index contributed by atoms with van der Waals surface area (Å²) in [6, 6.07) is 0.315. The van der Waals surface area contributed by atoms with Crippen molar-refractivity contribution in [1.29, 1.82) is 0 Å². The number of thiazole rings is 1. The van der Waals surface area contributed by atoms with Gasteiger partial charge in [-0.2, -0.15) is 0 Å². The first-order chi connectivity index (χ1) is 7.25. The van der Waals surface area contributed by atoms with Crippen molar-refractivity contribution in [3.63, 3.8) is 0 Å². The van der Waals surface area contributed by atoms with Gasteiger partial charge in [0.1, 0.15) is 0 Å². The van der Waals surface area contributed by atoms with Crippen LogP contribution in [0.5, 0.6) is 0 Å². The van der Waals surface area contributed by atoms with Crippen LogP contribution in [0.1, 0.15) is 23.5 Å². The second-order valence-corrected chi connectivity index (χ2v) is 4.20. The molecule has 1 aromatic heterocycles. The first-order valence-corrected chi connectivity index (χ1v) is 5.95. The fourth-order valence-corrected chi connectivity index (χ4v) is 2.17. The minimum Gasteiger partial charge on any atom is -0.394 e. The predicted octanol–water partition coefficient (Wildman–Crippen LogP) is 1.11. The van der Waals surface area contributed by atoms with E-state index in [2.05, 4.69) is 17.2 Å². The van der Waals surface area contributed by atoms with Crippen molar-refractivity contribution in [2.45, 2.75) is 19.9 Å². The molecular weight excluding hydrogens is 212 g/mol. The van der Waals surface area contributed by atoms with Crippen molar-refractivity contribution >= 4 is 11.3 Å². The summed E-state index contributed by atoms with van der Waals surface area (Å²) in [5, 5.41) is 11.9. The second kappa shape index (κ2) is 6.90. The van der Waals surface area contributed by atoms with E-state index in [1.54, 1.807) is 11.3 Å². The summed E-state index contributed by atoms with van der Waals surface area (Å²) in [5.41, 5.74) is 2.96. The molecule has 0 aliphatic heterocycles. The van der Waals surface area contributed by atoms with Gasteiger partial charge in [0.25, 0.3) is 0 Å². The molecule has 1 heterocycles. The van der Waals surface area contributed by atoms with Crippen molar-refractivity contribution in [2.75, 3.05) is 26.4 Å². The summed E-state index contributed by atoms with van der Waals surface area (Å²) < 4.78 is 5.16. The maximum atomic E-state index is 8.51. The highest BCUT2D eigenvalue weighted by Crippen LogP contribution is 2.20. The molecular formula is C10H18N2O2S. The molecule has 0 saturated heterocycles. The Morgan fingerprint density at radius 3 is 3.00 bits per heavy atom. The van der Waals surface area contributed by atoms with Crippen molar-refractivity contribution in [1.82, 2.24) is 10.3 Å². The molecule has 1 unspecified atom stereocenters. The third-order valence-corrected chi connectivity index (χ3v) is 3.22. The largest absolute Gasteiger partial charge is 0.394 e. The third kappa shape index (κ3) is 4.25. The first-order valence-electron chi connectivity index (χ1n) is 5.07. The van der Waals surface area contributed by atoms with E-state index in [0.29, 0.717) is 19.3 Å². The Morgan fingerprint density at radius 1 is 1.60 bits per heavy atom. The van der Waals surface area contributed by atoms with Crippen LogP contribution in [0.25, 0.3) is 0 Å². The van der Waals surface area contributed by atoms with E-state index < -0.39 is 0 Å². The average Bonchev–Trinajstić information content (AvgIpc) is 2.64. The van der Waals surface area contributed by atoms with Gasteiger partial charge < -0.3 is 15.2 Å². The molecule has 15 heavy (non-hydrogen) atoms. The minimum absolute atomic E-state index is 0.0868. The molecule has 0 aromatic carbocycles.